The Kier molecular flexibility index (Phi) is 9.20. The van der Waals surface area contributed by atoms with Gasteiger partial charge in [-0.3, -0.25) is 9.59 Å². The largest absolute Gasteiger partial charge is 0.354 e. The van der Waals surface area contributed by atoms with Gasteiger partial charge in [0.15, 0.2) is 0 Å². The van der Waals surface area contributed by atoms with Crippen LogP contribution in [0.1, 0.15) is 49.8 Å². The molecule has 0 aliphatic heterocycles. The minimum absolute atomic E-state index is 0.0725. The highest BCUT2D eigenvalue weighted by Crippen LogP contribution is 2.21. The van der Waals surface area contributed by atoms with Crippen molar-refractivity contribution in [1.29, 1.82) is 0 Å². The summed E-state index contributed by atoms with van der Waals surface area (Å²) in [6.45, 7) is 6.95. The van der Waals surface area contributed by atoms with Gasteiger partial charge in [-0.15, -0.1) is 0 Å². The van der Waals surface area contributed by atoms with Crippen molar-refractivity contribution in [3.8, 4) is 0 Å². The van der Waals surface area contributed by atoms with Gasteiger partial charge < -0.3 is 10.2 Å². The summed E-state index contributed by atoms with van der Waals surface area (Å²) in [5, 5.41) is 3.58. The van der Waals surface area contributed by atoms with E-state index in [2.05, 4.69) is 12.2 Å². The third-order valence-electron chi connectivity index (χ3n) is 5.12. The summed E-state index contributed by atoms with van der Waals surface area (Å²) >= 11 is 6.35. The lowest BCUT2D eigenvalue weighted by atomic mass is 10.0. The van der Waals surface area contributed by atoms with Crippen LogP contribution < -0.4 is 5.32 Å². The van der Waals surface area contributed by atoms with Gasteiger partial charge in [-0.1, -0.05) is 74.3 Å². The van der Waals surface area contributed by atoms with Crippen LogP contribution in [0, 0.1) is 6.92 Å². The minimum Gasteiger partial charge on any atom is -0.354 e. The predicted octanol–water partition coefficient (Wildman–Crippen LogP) is 4.91. The quantitative estimate of drug-likeness (QED) is 0.561. The molecule has 2 amide bonds. The average Bonchev–Trinajstić information content (AvgIpc) is 2.71. The summed E-state index contributed by atoms with van der Waals surface area (Å²) < 4.78 is 0. The maximum atomic E-state index is 13.3. The average molecular weight is 415 g/mol. The van der Waals surface area contributed by atoms with Crippen LogP contribution in [0.4, 0.5) is 0 Å². The Bertz CT molecular complexity index is 822. The molecule has 0 heterocycles. The number of nitrogens with zero attached hydrogens (tertiary/aromatic N) is 1. The minimum atomic E-state index is -0.528. The molecule has 1 N–H and O–H groups in total. The number of aryl methyl sites for hydroxylation is 1. The molecule has 0 spiro atoms. The molecule has 0 aliphatic carbocycles. The number of carbonyl (C=O) groups is 2. The van der Waals surface area contributed by atoms with Crippen molar-refractivity contribution >= 4 is 23.4 Å². The molecule has 4 nitrogen and oxygen atoms in total. The number of unbranched alkanes of at least 4 members (excludes halogenated alkanes) is 1. The summed E-state index contributed by atoms with van der Waals surface area (Å²) in [5.74, 6) is -0.178. The van der Waals surface area contributed by atoms with E-state index in [1.54, 1.807) is 4.90 Å². The molecule has 5 heteroatoms. The van der Waals surface area contributed by atoms with E-state index in [0.29, 0.717) is 24.5 Å². The van der Waals surface area contributed by atoms with Crippen LogP contribution in [0.15, 0.2) is 48.5 Å². The van der Waals surface area contributed by atoms with Crippen LogP contribution in [-0.2, 0) is 22.6 Å². The Labute approximate surface area is 179 Å². The van der Waals surface area contributed by atoms with Crippen LogP contribution >= 0.6 is 11.6 Å². The number of hydrogen-bond acceptors (Lipinski definition) is 2. The van der Waals surface area contributed by atoms with E-state index in [1.165, 1.54) is 0 Å². The normalized spacial score (nSPS) is 11.7. The fourth-order valence-electron chi connectivity index (χ4n) is 3.31. The standard InChI is InChI=1S/C24H31ClN2O2/c1-4-6-15-26-24(29)22(5-2)27(17-20-13-9-10-14-21(20)25)23(28)16-19-12-8-7-11-18(19)3/h7-14,22H,4-6,15-17H2,1-3H3,(H,26,29)/t22-/m0/s1. The molecule has 0 bridgehead atoms. The van der Waals surface area contributed by atoms with Crippen molar-refractivity contribution in [2.45, 2.75) is 59.0 Å². The second-order valence-corrected chi connectivity index (χ2v) is 7.69. The van der Waals surface area contributed by atoms with E-state index in [9.17, 15) is 9.59 Å². The van der Waals surface area contributed by atoms with Crippen molar-refractivity contribution in [3.63, 3.8) is 0 Å². The van der Waals surface area contributed by atoms with Gasteiger partial charge in [-0.25, -0.2) is 0 Å². The van der Waals surface area contributed by atoms with E-state index in [-0.39, 0.29) is 18.2 Å². The van der Waals surface area contributed by atoms with E-state index in [4.69, 9.17) is 11.6 Å². The first-order valence-electron chi connectivity index (χ1n) is 10.3. The summed E-state index contributed by atoms with van der Waals surface area (Å²) in [5.41, 5.74) is 2.88. The van der Waals surface area contributed by atoms with Crippen LogP contribution in [0.2, 0.25) is 5.02 Å². The Hall–Kier alpha value is -2.33. The highest BCUT2D eigenvalue weighted by molar-refractivity contribution is 6.31. The van der Waals surface area contributed by atoms with E-state index < -0.39 is 6.04 Å². The molecule has 2 rings (SSSR count). The van der Waals surface area contributed by atoms with Gasteiger partial charge in [0, 0.05) is 18.1 Å². The number of rotatable bonds is 10. The van der Waals surface area contributed by atoms with Crippen molar-refractivity contribution in [1.82, 2.24) is 10.2 Å². The second kappa shape index (κ2) is 11.6. The zero-order valence-corrected chi connectivity index (χ0v) is 18.3. The number of nitrogens with one attached hydrogen (secondary N) is 1. The molecule has 29 heavy (non-hydrogen) atoms. The first-order valence-corrected chi connectivity index (χ1v) is 10.7. The number of carbonyl (C=O) groups excluding carboxylic acids is 2. The number of benzene rings is 2. The molecule has 1 atom stereocenters. The first kappa shape index (κ1) is 23.0. The molecular formula is C24H31ClN2O2. The third kappa shape index (κ3) is 6.60. The van der Waals surface area contributed by atoms with Gasteiger partial charge in [0.1, 0.15) is 6.04 Å². The van der Waals surface area contributed by atoms with E-state index in [1.807, 2.05) is 62.4 Å². The maximum Gasteiger partial charge on any atom is 0.242 e. The van der Waals surface area contributed by atoms with Crippen molar-refractivity contribution < 1.29 is 9.59 Å². The Morgan fingerprint density at radius 3 is 2.31 bits per heavy atom. The molecule has 0 saturated heterocycles. The van der Waals surface area contributed by atoms with Crippen LogP contribution in [0.5, 0.6) is 0 Å². The zero-order valence-electron chi connectivity index (χ0n) is 17.6. The lowest BCUT2D eigenvalue weighted by Crippen LogP contribution is -2.49. The highest BCUT2D eigenvalue weighted by Gasteiger charge is 2.29. The Morgan fingerprint density at radius 1 is 1.03 bits per heavy atom. The molecule has 0 saturated carbocycles. The van der Waals surface area contributed by atoms with Crippen molar-refractivity contribution in [3.05, 3.63) is 70.2 Å². The second-order valence-electron chi connectivity index (χ2n) is 7.28. The molecule has 0 aliphatic rings. The summed E-state index contributed by atoms with van der Waals surface area (Å²) in [7, 11) is 0. The van der Waals surface area contributed by atoms with Gasteiger partial charge in [0.25, 0.3) is 0 Å². The van der Waals surface area contributed by atoms with Gasteiger partial charge in [-0.2, -0.15) is 0 Å². The van der Waals surface area contributed by atoms with Crippen LogP contribution in [-0.4, -0.2) is 29.3 Å². The zero-order chi connectivity index (χ0) is 21.2. The molecule has 156 valence electrons. The SMILES string of the molecule is CCCCNC(=O)[C@H](CC)N(Cc1ccccc1Cl)C(=O)Cc1ccccc1C. The Balaban J connectivity index is 2.28. The summed E-state index contributed by atoms with van der Waals surface area (Å²) in [6.07, 6.45) is 2.73. The molecule has 2 aromatic carbocycles. The number of amides is 2. The van der Waals surface area contributed by atoms with E-state index >= 15 is 0 Å². The third-order valence-corrected chi connectivity index (χ3v) is 5.49. The molecular weight excluding hydrogens is 384 g/mol. The van der Waals surface area contributed by atoms with Crippen molar-refractivity contribution in [2.24, 2.45) is 0 Å². The topological polar surface area (TPSA) is 49.4 Å². The number of halogens is 1. The smallest absolute Gasteiger partial charge is 0.242 e. The monoisotopic (exact) mass is 414 g/mol. The molecule has 0 aromatic heterocycles. The van der Waals surface area contributed by atoms with Crippen molar-refractivity contribution in [2.75, 3.05) is 6.54 Å². The van der Waals surface area contributed by atoms with Gasteiger partial charge in [0.05, 0.1) is 6.42 Å². The molecule has 0 radical (unpaired) electrons. The summed E-state index contributed by atoms with van der Waals surface area (Å²) in [4.78, 5) is 27.8. The van der Waals surface area contributed by atoms with Crippen LogP contribution in [0.25, 0.3) is 0 Å². The lowest BCUT2D eigenvalue weighted by molar-refractivity contribution is -0.140. The van der Waals surface area contributed by atoms with E-state index in [0.717, 1.165) is 29.5 Å². The summed E-state index contributed by atoms with van der Waals surface area (Å²) in [6, 6.07) is 14.8. The maximum absolute atomic E-state index is 13.3. The number of hydrogen-bond donors (Lipinski definition) is 1. The fraction of sp³-hybridized carbons (Fsp3) is 0.417. The van der Waals surface area contributed by atoms with Crippen LogP contribution in [0.3, 0.4) is 0 Å². The predicted molar refractivity (Wildman–Crippen MR) is 119 cm³/mol. The Morgan fingerprint density at radius 2 is 1.69 bits per heavy atom. The lowest BCUT2D eigenvalue weighted by Gasteiger charge is -2.31. The van der Waals surface area contributed by atoms with Gasteiger partial charge in [0.2, 0.25) is 11.8 Å². The van der Waals surface area contributed by atoms with Gasteiger partial charge >= 0.3 is 0 Å². The van der Waals surface area contributed by atoms with Gasteiger partial charge in [-0.05, 0) is 42.5 Å². The molecule has 0 fully saturated rings. The molecule has 0 unspecified atom stereocenters. The molecule has 2 aromatic rings. The fourth-order valence-corrected chi connectivity index (χ4v) is 3.50. The highest BCUT2D eigenvalue weighted by atomic mass is 35.5. The first-order chi connectivity index (χ1) is 14.0.